The fourth-order valence-electron chi connectivity index (χ4n) is 0.239. The van der Waals surface area contributed by atoms with Crippen molar-refractivity contribution in [1.29, 1.82) is 0 Å². The van der Waals surface area contributed by atoms with Gasteiger partial charge in [-0.3, -0.25) is 19.7 Å². The lowest BCUT2D eigenvalue weighted by molar-refractivity contribution is -0.135. The molecule has 0 saturated heterocycles. The Bertz CT molecular complexity index is 227. The van der Waals surface area contributed by atoms with E-state index in [1.807, 2.05) is 5.32 Å². The number of rotatable bonds is 3. The predicted molar refractivity (Wildman–Crippen MR) is 49.1 cm³/mol. The molecule has 0 bridgehead atoms. The number of carboxylic acids is 1. The number of nitrogens with one attached hydrogen (secondary N) is 1. The molecule has 7 heteroatoms. The van der Waals surface area contributed by atoms with Crippen molar-refractivity contribution in [2.45, 2.75) is 0 Å². The normalized spacial score (nSPS) is 7.86. The summed E-state index contributed by atoms with van der Waals surface area (Å²) in [6.07, 6.45) is 1.01. The number of carbonyl (C=O) groups is 3. The molecule has 0 aromatic heterocycles. The van der Waals surface area contributed by atoms with E-state index >= 15 is 0 Å². The average molecular weight is 203 g/mol. The minimum absolute atomic E-state index is 0.181. The fraction of sp³-hybridized carbons (Fsp3) is 0.286. The molecule has 0 saturated carbocycles. The van der Waals surface area contributed by atoms with Crippen molar-refractivity contribution < 1.29 is 19.5 Å². The van der Waals surface area contributed by atoms with Crippen molar-refractivity contribution in [1.82, 2.24) is 5.32 Å². The van der Waals surface area contributed by atoms with Crippen molar-refractivity contribution in [3.05, 3.63) is 12.7 Å². The molecule has 0 radical (unpaired) electrons. The third-order valence-corrected chi connectivity index (χ3v) is 0.808. The van der Waals surface area contributed by atoms with E-state index in [-0.39, 0.29) is 13.1 Å². The van der Waals surface area contributed by atoms with E-state index in [4.69, 9.17) is 10.8 Å². The van der Waals surface area contributed by atoms with Gasteiger partial charge in [-0.05, 0) is 6.08 Å². The Kier molecular flexibility index (Phi) is 9.88. The van der Waals surface area contributed by atoms with E-state index in [0.717, 1.165) is 6.08 Å². The number of hydrogen-bond acceptors (Lipinski definition) is 5. The van der Waals surface area contributed by atoms with Gasteiger partial charge < -0.3 is 16.6 Å². The van der Waals surface area contributed by atoms with Gasteiger partial charge in [0.05, 0.1) is 13.1 Å². The molecule has 14 heavy (non-hydrogen) atoms. The van der Waals surface area contributed by atoms with Gasteiger partial charge in [0, 0.05) is 0 Å². The molecule has 0 aliphatic carbocycles. The van der Waals surface area contributed by atoms with E-state index in [9.17, 15) is 14.4 Å². The lowest BCUT2D eigenvalue weighted by atomic mass is 10.5. The first-order chi connectivity index (χ1) is 6.47. The molecule has 0 aliphatic rings. The van der Waals surface area contributed by atoms with E-state index in [1.54, 1.807) is 0 Å². The lowest BCUT2D eigenvalue weighted by Gasteiger charge is -1.93. The second kappa shape index (κ2) is 9.36. The fourth-order valence-corrected chi connectivity index (χ4v) is 0.239. The van der Waals surface area contributed by atoms with Gasteiger partial charge >= 0.3 is 5.97 Å². The first-order valence-corrected chi connectivity index (χ1v) is 3.56. The maximum Gasteiger partial charge on any atom is 0.317 e. The third-order valence-electron chi connectivity index (χ3n) is 0.808. The minimum Gasteiger partial charge on any atom is -0.480 e. The highest BCUT2D eigenvalue weighted by Crippen LogP contribution is 1.64. The van der Waals surface area contributed by atoms with Crippen molar-refractivity contribution in [3.63, 3.8) is 0 Å². The summed E-state index contributed by atoms with van der Waals surface area (Å²) in [4.78, 5) is 29.8. The topological polar surface area (TPSA) is 136 Å². The average Bonchev–Trinajstić information content (AvgIpc) is 2.18. The standard InChI is InChI=1S/C5H8N2O2.C2H5NO2/c1-2-4(8)7-5(9)3-6;3-1-2(4)5/h2H,1,3,6H2,(H,7,8,9);1,3H2,(H,4,5). The van der Waals surface area contributed by atoms with Crippen LogP contribution in [0.4, 0.5) is 0 Å². The smallest absolute Gasteiger partial charge is 0.317 e. The summed E-state index contributed by atoms with van der Waals surface area (Å²) in [5.41, 5.74) is 9.45. The highest BCUT2D eigenvalue weighted by atomic mass is 16.4. The molecular weight excluding hydrogens is 190 g/mol. The van der Waals surface area contributed by atoms with Gasteiger partial charge in [-0.2, -0.15) is 0 Å². The Morgan fingerprint density at radius 1 is 1.29 bits per heavy atom. The van der Waals surface area contributed by atoms with Gasteiger partial charge in [0.1, 0.15) is 0 Å². The zero-order valence-corrected chi connectivity index (χ0v) is 7.53. The highest BCUT2D eigenvalue weighted by molar-refractivity contribution is 6.01. The molecular formula is C7H13N3O4. The summed E-state index contributed by atoms with van der Waals surface area (Å²) in [5.74, 6) is -1.99. The second-order valence-corrected chi connectivity index (χ2v) is 1.92. The zero-order chi connectivity index (χ0) is 11.6. The van der Waals surface area contributed by atoms with E-state index < -0.39 is 17.8 Å². The Hall–Kier alpha value is -1.73. The van der Waals surface area contributed by atoms with Gasteiger partial charge in [0.2, 0.25) is 11.8 Å². The Labute approximate surface area is 80.8 Å². The largest absolute Gasteiger partial charge is 0.480 e. The van der Waals surface area contributed by atoms with Crippen LogP contribution in [0.3, 0.4) is 0 Å². The number of carboxylic acid groups (broad SMARTS) is 1. The van der Waals surface area contributed by atoms with Crippen molar-refractivity contribution in [2.24, 2.45) is 11.5 Å². The van der Waals surface area contributed by atoms with Crippen LogP contribution in [0.15, 0.2) is 12.7 Å². The van der Waals surface area contributed by atoms with Crippen LogP contribution in [-0.2, 0) is 14.4 Å². The van der Waals surface area contributed by atoms with Crippen LogP contribution < -0.4 is 16.8 Å². The van der Waals surface area contributed by atoms with E-state index in [0.29, 0.717) is 0 Å². The van der Waals surface area contributed by atoms with Crippen LogP contribution in [0.1, 0.15) is 0 Å². The van der Waals surface area contributed by atoms with Gasteiger partial charge in [-0.1, -0.05) is 6.58 Å². The van der Waals surface area contributed by atoms with Crippen LogP contribution in [0.2, 0.25) is 0 Å². The molecule has 0 heterocycles. The number of hydrogen-bond donors (Lipinski definition) is 4. The number of aliphatic carboxylic acids is 1. The molecule has 0 spiro atoms. The van der Waals surface area contributed by atoms with Crippen LogP contribution >= 0.6 is 0 Å². The molecule has 0 rings (SSSR count). The summed E-state index contributed by atoms with van der Waals surface area (Å²) >= 11 is 0. The Morgan fingerprint density at radius 2 is 1.71 bits per heavy atom. The monoisotopic (exact) mass is 203 g/mol. The number of carbonyl (C=O) groups excluding carboxylic acids is 2. The molecule has 0 aliphatic heterocycles. The number of nitrogens with two attached hydrogens (primary N) is 2. The van der Waals surface area contributed by atoms with E-state index in [2.05, 4.69) is 12.3 Å². The van der Waals surface area contributed by atoms with Crippen molar-refractivity contribution >= 4 is 17.8 Å². The quantitative estimate of drug-likeness (QED) is 0.384. The molecule has 0 unspecified atom stereocenters. The molecule has 6 N–H and O–H groups in total. The predicted octanol–water partition coefficient (Wildman–Crippen LogP) is -2.20. The second-order valence-electron chi connectivity index (χ2n) is 1.92. The van der Waals surface area contributed by atoms with Crippen LogP contribution in [0.25, 0.3) is 0 Å². The van der Waals surface area contributed by atoms with Crippen LogP contribution in [0.5, 0.6) is 0 Å². The molecule has 0 atom stereocenters. The number of amides is 2. The summed E-state index contributed by atoms with van der Waals surface area (Å²) in [6, 6.07) is 0. The van der Waals surface area contributed by atoms with Gasteiger partial charge in [-0.15, -0.1) is 0 Å². The SMILES string of the molecule is C=CC(=O)NC(=O)CN.NCC(=O)O. The molecule has 0 aromatic rings. The maximum absolute atomic E-state index is 10.3. The van der Waals surface area contributed by atoms with Crippen LogP contribution in [0, 0.1) is 0 Å². The van der Waals surface area contributed by atoms with Gasteiger partial charge in [0.15, 0.2) is 0 Å². The summed E-state index contributed by atoms with van der Waals surface area (Å²) in [7, 11) is 0. The minimum atomic E-state index is -0.968. The number of imide groups is 1. The maximum atomic E-state index is 10.3. The summed E-state index contributed by atoms with van der Waals surface area (Å²) < 4.78 is 0. The molecule has 0 aromatic carbocycles. The first-order valence-electron chi connectivity index (χ1n) is 3.56. The lowest BCUT2D eigenvalue weighted by Crippen LogP contribution is -2.34. The molecule has 2 amide bonds. The first kappa shape index (κ1) is 14.8. The molecule has 80 valence electrons. The van der Waals surface area contributed by atoms with Crippen molar-refractivity contribution in [2.75, 3.05) is 13.1 Å². The summed E-state index contributed by atoms with van der Waals surface area (Å²) in [6.45, 7) is 2.68. The van der Waals surface area contributed by atoms with Crippen molar-refractivity contribution in [3.8, 4) is 0 Å². The van der Waals surface area contributed by atoms with E-state index in [1.165, 1.54) is 0 Å². The van der Waals surface area contributed by atoms with Gasteiger partial charge in [-0.25, -0.2) is 0 Å². The highest BCUT2D eigenvalue weighted by Gasteiger charge is 1.98. The third kappa shape index (κ3) is 12.9. The van der Waals surface area contributed by atoms with Gasteiger partial charge in [0.25, 0.3) is 0 Å². The Morgan fingerprint density at radius 3 is 1.93 bits per heavy atom. The van der Waals surface area contributed by atoms with Crippen LogP contribution in [-0.4, -0.2) is 36.0 Å². The Balaban J connectivity index is 0. The molecule has 7 nitrogen and oxygen atoms in total. The molecule has 0 fully saturated rings. The summed E-state index contributed by atoms with van der Waals surface area (Å²) in [5, 5.41) is 9.56. The zero-order valence-electron chi connectivity index (χ0n) is 7.53.